The van der Waals surface area contributed by atoms with Crippen molar-refractivity contribution in [2.24, 2.45) is 0 Å². The Hall–Kier alpha value is -2.83. The molecule has 1 N–H and O–H groups in total. The van der Waals surface area contributed by atoms with E-state index in [9.17, 15) is 9.90 Å². The van der Waals surface area contributed by atoms with Crippen molar-refractivity contribution in [3.63, 3.8) is 0 Å². The summed E-state index contributed by atoms with van der Waals surface area (Å²) < 4.78 is 8.63. The molecule has 0 radical (unpaired) electrons. The molecule has 214 valence electrons. The summed E-state index contributed by atoms with van der Waals surface area (Å²) in [5.74, 6) is -0.334. The van der Waals surface area contributed by atoms with Gasteiger partial charge < -0.3 is 19.3 Å². The predicted molar refractivity (Wildman–Crippen MR) is 163 cm³/mol. The number of likely N-dealkylation sites (tertiary alicyclic amines) is 1. The van der Waals surface area contributed by atoms with Crippen LogP contribution < -0.4 is 4.90 Å². The molecular weight excluding hydrogens is 498 g/mol. The van der Waals surface area contributed by atoms with E-state index in [0.717, 1.165) is 51.2 Å². The van der Waals surface area contributed by atoms with Gasteiger partial charge in [-0.05, 0) is 88.2 Å². The van der Waals surface area contributed by atoms with E-state index in [1.807, 2.05) is 6.07 Å². The van der Waals surface area contributed by atoms with Crippen molar-refractivity contribution < 1.29 is 14.6 Å². The number of anilines is 1. The van der Waals surface area contributed by atoms with Gasteiger partial charge in [-0.3, -0.25) is 4.90 Å². The third-order valence-electron chi connectivity index (χ3n) is 9.32. The lowest BCUT2D eigenvalue weighted by Gasteiger charge is -2.35. The van der Waals surface area contributed by atoms with Crippen LogP contribution in [0.5, 0.6) is 0 Å². The first-order valence-electron chi connectivity index (χ1n) is 15.5. The highest BCUT2D eigenvalue weighted by atomic mass is 16.5. The van der Waals surface area contributed by atoms with Crippen LogP contribution in [0.3, 0.4) is 0 Å². The summed E-state index contributed by atoms with van der Waals surface area (Å²) in [5.41, 5.74) is 8.13. The first kappa shape index (κ1) is 27.3. The number of ether oxygens (including phenoxy) is 1. The Bertz CT molecular complexity index is 1370. The van der Waals surface area contributed by atoms with E-state index in [1.165, 1.54) is 72.0 Å². The van der Waals surface area contributed by atoms with Crippen LogP contribution >= 0.6 is 0 Å². The number of fused-ring (bicyclic) bond motifs is 5. The molecule has 6 rings (SSSR count). The van der Waals surface area contributed by atoms with Crippen LogP contribution in [0.25, 0.3) is 22.2 Å². The van der Waals surface area contributed by atoms with Crippen molar-refractivity contribution in [1.82, 2.24) is 9.47 Å². The zero-order valence-electron chi connectivity index (χ0n) is 24.5. The Balaban J connectivity index is 1.38. The SMILES string of the molecule is Cc1ccc2c(c1)N(CCN1CCCC(OC(C)C)C1)CCn1c-2c(C2CCCCC2)c2ccc(C(=O)O)cc21. The number of piperidine rings is 1. The first-order chi connectivity index (χ1) is 19.4. The Kier molecular flexibility index (Phi) is 7.91. The fourth-order valence-electron chi connectivity index (χ4n) is 7.49. The Labute approximate surface area is 238 Å². The predicted octanol–water partition coefficient (Wildman–Crippen LogP) is 7.07. The van der Waals surface area contributed by atoms with Gasteiger partial charge in [-0.25, -0.2) is 4.79 Å². The molecule has 1 aromatic heterocycles. The largest absolute Gasteiger partial charge is 0.478 e. The quantitative estimate of drug-likeness (QED) is 0.345. The van der Waals surface area contributed by atoms with Crippen molar-refractivity contribution >= 4 is 22.6 Å². The second-order valence-corrected chi connectivity index (χ2v) is 12.5. The molecule has 1 saturated carbocycles. The van der Waals surface area contributed by atoms with Crippen LogP contribution in [0.15, 0.2) is 36.4 Å². The van der Waals surface area contributed by atoms with Crippen LogP contribution in [0, 0.1) is 6.92 Å². The van der Waals surface area contributed by atoms with E-state index in [4.69, 9.17) is 4.74 Å². The highest BCUT2D eigenvalue weighted by Crippen LogP contribution is 2.47. The molecule has 1 unspecified atom stereocenters. The summed E-state index contributed by atoms with van der Waals surface area (Å²) in [7, 11) is 0. The number of rotatable bonds is 7. The van der Waals surface area contributed by atoms with Crippen LogP contribution in [0.1, 0.15) is 86.2 Å². The van der Waals surface area contributed by atoms with E-state index < -0.39 is 5.97 Å². The minimum absolute atomic E-state index is 0.273. The fourth-order valence-corrected chi connectivity index (χ4v) is 7.49. The maximum absolute atomic E-state index is 12.0. The molecule has 2 aliphatic heterocycles. The zero-order chi connectivity index (χ0) is 27.8. The Morgan fingerprint density at radius 2 is 1.80 bits per heavy atom. The second-order valence-electron chi connectivity index (χ2n) is 12.5. The van der Waals surface area contributed by atoms with Gasteiger partial charge in [0, 0.05) is 54.9 Å². The highest BCUT2D eigenvalue weighted by molar-refractivity contribution is 5.99. The summed E-state index contributed by atoms with van der Waals surface area (Å²) in [5, 5.41) is 11.1. The summed E-state index contributed by atoms with van der Waals surface area (Å²) in [6.07, 6.45) is 9.25. The molecule has 1 atom stereocenters. The van der Waals surface area contributed by atoms with E-state index in [2.05, 4.69) is 59.4 Å². The third kappa shape index (κ3) is 5.40. The number of nitrogens with zero attached hydrogens (tertiary/aromatic N) is 3. The van der Waals surface area contributed by atoms with E-state index >= 15 is 0 Å². The van der Waals surface area contributed by atoms with Crippen molar-refractivity contribution in [1.29, 1.82) is 0 Å². The number of hydrogen-bond donors (Lipinski definition) is 1. The topological polar surface area (TPSA) is 57.9 Å². The summed E-state index contributed by atoms with van der Waals surface area (Å²) in [6.45, 7) is 12.4. The third-order valence-corrected chi connectivity index (χ3v) is 9.32. The molecular formula is C34H45N3O3. The molecule has 0 amide bonds. The summed E-state index contributed by atoms with van der Waals surface area (Å²) in [6, 6.07) is 12.7. The van der Waals surface area contributed by atoms with Gasteiger partial charge in [0.05, 0.1) is 23.5 Å². The lowest BCUT2D eigenvalue weighted by Crippen LogP contribution is -2.44. The number of aromatic nitrogens is 1. The number of aryl methyl sites for hydroxylation is 1. The van der Waals surface area contributed by atoms with Gasteiger partial charge in [-0.15, -0.1) is 0 Å². The highest BCUT2D eigenvalue weighted by Gasteiger charge is 2.31. The van der Waals surface area contributed by atoms with E-state index in [-0.39, 0.29) is 6.10 Å². The lowest BCUT2D eigenvalue weighted by atomic mass is 9.81. The van der Waals surface area contributed by atoms with Crippen molar-refractivity contribution in [2.45, 2.75) is 90.4 Å². The molecule has 3 aliphatic rings. The fraction of sp³-hybridized carbons (Fsp3) is 0.559. The van der Waals surface area contributed by atoms with Gasteiger partial charge in [-0.1, -0.05) is 37.5 Å². The zero-order valence-corrected chi connectivity index (χ0v) is 24.5. The maximum atomic E-state index is 12.0. The molecule has 40 heavy (non-hydrogen) atoms. The molecule has 3 aromatic rings. The number of aromatic carboxylic acids is 1. The number of carbonyl (C=O) groups is 1. The summed E-state index contributed by atoms with van der Waals surface area (Å²) >= 11 is 0. The number of benzene rings is 2. The van der Waals surface area contributed by atoms with Crippen LogP contribution in [-0.4, -0.2) is 65.5 Å². The second kappa shape index (κ2) is 11.6. The number of hydrogen-bond acceptors (Lipinski definition) is 4. The lowest BCUT2D eigenvalue weighted by molar-refractivity contribution is -0.0324. The average Bonchev–Trinajstić information content (AvgIpc) is 3.17. The molecule has 0 bridgehead atoms. The average molecular weight is 544 g/mol. The number of carboxylic acids is 1. The van der Waals surface area contributed by atoms with Gasteiger partial charge in [-0.2, -0.15) is 0 Å². The molecule has 2 fully saturated rings. The van der Waals surface area contributed by atoms with E-state index in [0.29, 0.717) is 17.6 Å². The molecule has 6 heteroatoms. The minimum Gasteiger partial charge on any atom is -0.478 e. The molecule has 6 nitrogen and oxygen atoms in total. The Morgan fingerprint density at radius 1 is 0.975 bits per heavy atom. The molecule has 1 saturated heterocycles. The van der Waals surface area contributed by atoms with E-state index in [1.54, 1.807) is 6.07 Å². The summed E-state index contributed by atoms with van der Waals surface area (Å²) in [4.78, 5) is 17.1. The van der Waals surface area contributed by atoms with Crippen molar-refractivity contribution in [2.75, 3.05) is 37.6 Å². The smallest absolute Gasteiger partial charge is 0.335 e. The Morgan fingerprint density at radius 3 is 2.58 bits per heavy atom. The molecule has 0 spiro atoms. The van der Waals surface area contributed by atoms with Gasteiger partial charge in [0.1, 0.15) is 0 Å². The monoisotopic (exact) mass is 543 g/mol. The minimum atomic E-state index is -0.857. The molecule has 3 heterocycles. The number of carboxylic acid groups (broad SMARTS) is 1. The molecule has 2 aromatic carbocycles. The van der Waals surface area contributed by atoms with Crippen LogP contribution in [0.2, 0.25) is 0 Å². The normalized spacial score (nSPS) is 20.5. The van der Waals surface area contributed by atoms with Crippen LogP contribution in [0.4, 0.5) is 5.69 Å². The van der Waals surface area contributed by atoms with Gasteiger partial charge >= 0.3 is 5.97 Å². The standard InChI is InChI=1S/C34H45N3O3/c1-23(2)40-27-10-7-15-35(22-27)16-17-36-18-19-37-31-21-26(34(38)39)12-14-28(31)32(25-8-5-4-6-9-25)33(37)29-13-11-24(3)20-30(29)36/h11-14,20-21,23,25,27H,4-10,15-19,22H2,1-3H3,(H,38,39). The van der Waals surface area contributed by atoms with Gasteiger partial charge in [0.15, 0.2) is 0 Å². The molecule has 1 aliphatic carbocycles. The van der Waals surface area contributed by atoms with Gasteiger partial charge in [0.25, 0.3) is 0 Å². The van der Waals surface area contributed by atoms with Crippen LogP contribution in [-0.2, 0) is 11.3 Å². The van der Waals surface area contributed by atoms with Crippen molar-refractivity contribution in [3.05, 3.63) is 53.1 Å². The maximum Gasteiger partial charge on any atom is 0.335 e. The first-order valence-corrected chi connectivity index (χ1v) is 15.5. The van der Waals surface area contributed by atoms with Gasteiger partial charge in [0.2, 0.25) is 0 Å². The van der Waals surface area contributed by atoms with Crippen molar-refractivity contribution in [3.8, 4) is 11.3 Å².